The van der Waals surface area contributed by atoms with Gasteiger partial charge in [-0.1, -0.05) is 20.8 Å². The Balaban J connectivity index is 2.98. The molecule has 98 valence electrons. The molecule has 0 aromatic heterocycles. The highest BCUT2D eigenvalue weighted by molar-refractivity contribution is 5.78. The highest BCUT2D eigenvalue weighted by Gasteiger charge is 2.54. The Morgan fingerprint density at radius 2 is 1.35 bits per heavy atom. The maximum Gasteiger partial charge on any atom is 0.310 e. The fraction of sp³-hybridized carbons (Fsp3) is 0.846. The molecule has 4 heteroatoms. The Kier molecular flexibility index (Phi) is 3.29. The summed E-state index contributed by atoms with van der Waals surface area (Å²) in [5.74, 6) is -1.61. The lowest BCUT2D eigenvalue weighted by Gasteiger charge is -2.47. The molecule has 0 atom stereocenters. The predicted octanol–water partition coefficient (Wildman–Crippen LogP) is 2.77. The highest BCUT2D eigenvalue weighted by Crippen LogP contribution is 2.54. The largest absolute Gasteiger partial charge is 0.481 e. The Morgan fingerprint density at radius 3 is 1.59 bits per heavy atom. The topological polar surface area (TPSA) is 74.6 Å². The summed E-state index contributed by atoms with van der Waals surface area (Å²) in [7, 11) is 0. The average Bonchev–Trinajstić information content (AvgIpc) is 2.16. The zero-order chi connectivity index (χ0) is 13.5. The molecule has 0 amide bonds. The first-order valence-electron chi connectivity index (χ1n) is 6.02. The minimum absolute atomic E-state index is 0.349. The molecule has 2 N–H and O–H groups in total. The van der Waals surface area contributed by atoms with E-state index in [-0.39, 0.29) is 5.41 Å². The molecule has 0 unspecified atom stereocenters. The maximum atomic E-state index is 11.6. The molecule has 0 heterocycles. The summed E-state index contributed by atoms with van der Waals surface area (Å²) in [6.07, 6.45) is 1.75. The van der Waals surface area contributed by atoms with Crippen molar-refractivity contribution in [2.24, 2.45) is 16.2 Å². The molecule has 0 bridgehead atoms. The van der Waals surface area contributed by atoms with Crippen LogP contribution < -0.4 is 0 Å². The van der Waals surface area contributed by atoms with E-state index >= 15 is 0 Å². The van der Waals surface area contributed by atoms with Crippen molar-refractivity contribution in [1.82, 2.24) is 0 Å². The van der Waals surface area contributed by atoms with Crippen molar-refractivity contribution < 1.29 is 19.8 Å². The average molecular weight is 242 g/mol. The number of carboxylic acid groups (broad SMARTS) is 2. The summed E-state index contributed by atoms with van der Waals surface area (Å²) in [4.78, 5) is 22.7. The minimum atomic E-state index is -0.814. The molecule has 0 radical (unpaired) electrons. The zero-order valence-electron chi connectivity index (χ0n) is 11.0. The van der Waals surface area contributed by atoms with Gasteiger partial charge in [-0.2, -0.15) is 0 Å². The lowest BCUT2D eigenvalue weighted by Crippen LogP contribution is -2.48. The number of hydrogen-bond acceptors (Lipinski definition) is 2. The monoisotopic (exact) mass is 242 g/mol. The van der Waals surface area contributed by atoms with E-state index in [1.54, 1.807) is 6.92 Å². The number of aliphatic carboxylic acids is 2. The van der Waals surface area contributed by atoms with E-state index in [1.807, 2.05) is 20.8 Å². The molecule has 1 aliphatic rings. The first-order chi connectivity index (χ1) is 7.55. The van der Waals surface area contributed by atoms with E-state index in [0.717, 1.165) is 0 Å². The second-order valence-corrected chi connectivity index (χ2v) is 6.50. The summed E-state index contributed by atoms with van der Waals surface area (Å²) in [6, 6.07) is 0. The number of rotatable bonds is 2. The van der Waals surface area contributed by atoms with Crippen LogP contribution in [0.4, 0.5) is 0 Å². The normalized spacial score (nSPS) is 34.4. The molecule has 0 spiro atoms. The van der Waals surface area contributed by atoms with Crippen LogP contribution in [0.3, 0.4) is 0 Å². The van der Waals surface area contributed by atoms with Crippen molar-refractivity contribution in [2.75, 3.05) is 0 Å². The molecule has 1 rings (SSSR count). The Bertz CT molecular complexity index is 330. The lowest BCUT2D eigenvalue weighted by atomic mass is 9.55. The molecule has 1 saturated carbocycles. The fourth-order valence-corrected chi connectivity index (χ4v) is 2.73. The third kappa shape index (κ3) is 2.17. The van der Waals surface area contributed by atoms with E-state index in [9.17, 15) is 14.7 Å². The van der Waals surface area contributed by atoms with Gasteiger partial charge in [0.15, 0.2) is 0 Å². The first-order valence-corrected chi connectivity index (χ1v) is 6.02. The van der Waals surface area contributed by atoms with Crippen molar-refractivity contribution in [2.45, 2.75) is 53.4 Å². The maximum absolute atomic E-state index is 11.6. The SMILES string of the molecule is CC1(C(=O)O)CCC(C(=O)O)(C(C)(C)C)CC1. The quantitative estimate of drug-likeness (QED) is 0.780. The van der Waals surface area contributed by atoms with Gasteiger partial charge in [-0.25, -0.2) is 0 Å². The molecule has 4 nitrogen and oxygen atoms in total. The molecular formula is C13H22O4. The van der Waals surface area contributed by atoms with Crippen LogP contribution in [0.1, 0.15) is 53.4 Å². The zero-order valence-corrected chi connectivity index (χ0v) is 11.0. The van der Waals surface area contributed by atoms with Crippen LogP contribution in [-0.4, -0.2) is 22.2 Å². The van der Waals surface area contributed by atoms with Gasteiger partial charge in [-0.3, -0.25) is 9.59 Å². The Hall–Kier alpha value is -1.06. The lowest BCUT2D eigenvalue weighted by molar-refractivity contribution is -0.168. The molecule has 1 fully saturated rings. The van der Waals surface area contributed by atoms with Crippen LogP contribution in [0.2, 0.25) is 0 Å². The van der Waals surface area contributed by atoms with Crippen LogP contribution in [-0.2, 0) is 9.59 Å². The van der Waals surface area contributed by atoms with Crippen molar-refractivity contribution in [1.29, 1.82) is 0 Å². The van der Waals surface area contributed by atoms with Crippen LogP contribution in [0.5, 0.6) is 0 Å². The van der Waals surface area contributed by atoms with Crippen LogP contribution >= 0.6 is 0 Å². The van der Waals surface area contributed by atoms with Gasteiger partial charge in [-0.05, 0) is 38.0 Å². The summed E-state index contributed by atoms with van der Waals surface area (Å²) in [5.41, 5.74) is -1.90. The van der Waals surface area contributed by atoms with Crippen molar-refractivity contribution in [3.05, 3.63) is 0 Å². The molecule has 1 aliphatic carbocycles. The van der Waals surface area contributed by atoms with Gasteiger partial charge in [-0.15, -0.1) is 0 Å². The van der Waals surface area contributed by atoms with Crippen LogP contribution in [0.15, 0.2) is 0 Å². The van der Waals surface area contributed by atoms with E-state index in [2.05, 4.69) is 0 Å². The molecule has 0 aromatic carbocycles. The van der Waals surface area contributed by atoms with Crippen molar-refractivity contribution in [3.8, 4) is 0 Å². The van der Waals surface area contributed by atoms with E-state index in [4.69, 9.17) is 5.11 Å². The van der Waals surface area contributed by atoms with E-state index in [1.165, 1.54) is 0 Å². The summed E-state index contributed by atoms with van der Waals surface area (Å²) < 4.78 is 0. The predicted molar refractivity (Wildman–Crippen MR) is 63.7 cm³/mol. The van der Waals surface area contributed by atoms with Crippen molar-refractivity contribution >= 4 is 11.9 Å². The third-order valence-corrected chi connectivity index (χ3v) is 4.57. The first kappa shape index (κ1) is 14.0. The second-order valence-electron chi connectivity index (χ2n) is 6.50. The standard InChI is InChI=1S/C13H22O4/c1-11(2,3)13(10(16)17)7-5-12(4,6-8-13)9(14)15/h5-8H2,1-4H3,(H,14,15)(H,16,17). The van der Waals surface area contributed by atoms with Gasteiger partial charge in [0.1, 0.15) is 0 Å². The number of carbonyl (C=O) groups is 2. The summed E-state index contributed by atoms with van der Waals surface area (Å²) in [6.45, 7) is 7.48. The fourth-order valence-electron chi connectivity index (χ4n) is 2.73. The van der Waals surface area contributed by atoms with Gasteiger partial charge in [0, 0.05) is 0 Å². The smallest absolute Gasteiger partial charge is 0.310 e. The summed E-state index contributed by atoms with van der Waals surface area (Å²) >= 11 is 0. The minimum Gasteiger partial charge on any atom is -0.481 e. The van der Waals surface area contributed by atoms with Gasteiger partial charge in [0.05, 0.1) is 10.8 Å². The summed E-state index contributed by atoms with van der Waals surface area (Å²) in [5, 5.41) is 18.6. The van der Waals surface area contributed by atoms with Crippen LogP contribution in [0, 0.1) is 16.2 Å². The molecule has 0 aliphatic heterocycles. The number of hydrogen-bond donors (Lipinski definition) is 2. The van der Waals surface area contributed by atoms with Crippen molar-refractivity contribution in [3.63, 3.8) is 0 Å². The number of carboxylic acids is 2. The molecule has 0 aromatic rings. The van der Waals surface area contributed by atoms with Gasteiger partial charge in [0.25, 0.3) is 0 Å². The molecule has 17 heavy (non-hydrogen) atoms. The Morgan fingerprint density at radius 1 is 0.941 bits per heavy atom. The van der Waals surface area contributed by atoms with Gasteiger partial charge in [0.2, 0.25) is 0 Å². The molecular weight excluding hydrogens is 220 g/mol. The van der Waals surface area contributed by atoms with Gasteiger partial charge < -0.3 is 10.2 Å². The highest BCUT2D eigenvalue weighted by atomic mass is 16.4. The molecule has 0 saturated heterocycles. The van der Waals surface area contributed by atoms with Gasteiger partial charge >= 0.3 is 11.9 Å². The van der Waals surface area contributed by atoms with Crippen LogP contribution in [0.25, 0.3) is 0 Å². The Labute approximate surface area is 102 Å². The van der Waals surface area contributed by atoms with E-state index in [0.29, 0.717) is 25.7 Å². The second kappa shape index (κ2) is 4.00. The third-order valence-electron chi connectivity index (χ3n) is 4.57. The van der Waals surface area contributed by atoms with E-state index < -0.39 is 22.8 Å².